The van der Waals surface area contributed by atoms with Gasteiger partial charge in [-0.25, -0.2) is 0 Å². The van der Waals surface area contributed by atoms with Crippen LogP contribution in [0.5, 0.6) is 5.75 Å². The van der Waals surface area contributed by atoms with Crippen molar-refractivity contribution in [3.8, 4) is 5.75 Å². The quantitative estimate of drug-likeness (QED) is 0.408. The van der Waals surface area contributed by atoms with Crippen molar-refractivity contribution < 1.29 is 47.6 Å². The van der Waals surface area contributed by atoms with Crippen molar-refractivity contribution >= 4 is 35.6 Å². The molecule has 0 bridgehead atoms. The van der Waals surface area contributed by atoms with Gasteiger partial charge in [0.1, 0.15) is 23.9 Å². The summed E-state index contributed by atoms with van der Waals surface area (Å²) in [5, 5.41) is 0. The molecule has 3 unspecified atom stereocenters. The number of carbonyl (C=O) groups excluding carboxylic acids is 4. The average Bonchev–Trinajstić information content (AvgIpc) is 2.70. The fourth-order valence-electron chi connectivity index (χ4n) is 3.07. The first-order valence-electron chi connectivity index (χ1n) is 9.72. The first kappa shape index (κ1) is 25.5. The standard InChI is InChI=1S/C21H26O10S/c1-11(22)27-10-17-18(28-12(2)23)19(29-13(3)24)20(30-14(4)25)21(31-17)32-16-8-6-15(26-5)7-9-16/h6-9,17-21H,10H2,1-5H3/t17?,18-,19?,20?,21+/m1/s1. The van der Waals surface area contributed by atoms with Crippen LogP contribution in [0.2, 0.25) is 0 Å². The lowest BCUT2D eigenvalue weighted by atomic mass is 9.99. The van der Waals surface area contributed by atoms with Crippen molar-refractivity contribution in [3.05, 3.63) is 24.3 Å². The van der Waals surface area contributed by atoms with Crippen LogP contribution >= 0.6 is 11.8 Å². The third-order valence-electron chi connectivity index (χ3n) is 4.26. The summed E-state index contributed by atoms with van der Waals surface area (Å²) in [5.41, 5.74) is -0.871. The number of hydrogen-bond donors (Lipinski definition) is 0. The van der Waals surface area contributed by atoms with Gasteiger partial charge in [-0.05, 0) is 24.3 Å². The monoisotopic (exact) mass is 470 g/mol. The highest BCUT2D eigenvalue weighted by atomic mass is 32.2. The van der Waals surface area contributed by atoms with E-state index in [1.807, 2.05) is 0 Å². The van der Waals surface area contributed by atoms with Gasteiger partial charge in [0.15, 0.2) is 18.3 Å². The van der Waals surface area contributed by atoms with Crippen molar-refractivity contribution in [2.45, 2.75) is 62.4 Å². The zero-order valence-electron chi connectivity index (χ0n) is 18.4. The summed E-state index contributed by atoms with van der Waals surface area (Å²) < 4.78 is 32.4. The highest BCUT2D eigenvalue weighted by Crippen LogP contribution is 2.38. The summed E-state index contributed by atoms with van der Waals surface area (Å²) in [7, 11) is 1.54. The lowest BCUT2D eigenvalue weighted by Gasteiger charge is -2.44. The van der Waals surface area contributed by atoms with Crippen molar-refractivity contribution in [3.63, 3.8) is 0 Å². The number of benzene rings is 1. The van der Waals surface area contributed by atoms with E-state index in [4.69, 9.17) is 28.4 Å². The summed E-state index contributed by atoms with van der Waals surface area (Å²) in [6.45, 7) is 4.51. The molecule has 1 aromatic carbocycles. The summed E-state index contributed by atoms with van der Waals surface area (Å²) in [4.78, 5) is 47.5. The van der Waals surface area contributed by atoms with Crippen LogP contribution in [0.3, 0.4) is 0 Å². The van der Waals surface area contributed by atoms with E-state index >= 15 is 0 Å². The zero-order chi connectivity index (χ0) is 23.8. The Labute approximate surface area is 189 Å². The van der Waals surface area contributed by atoms with Crippen LogP contribution in [0.15, 0.2) is 29.2 Å². The molecule has 1 fully saturated rings. The number of carbonyl (C=O) groups is 4. The Morgan fingerprint density at radius 2 is 1.34 bits per heavy atom. The Morgan fingerprint density at radius 3 is 1.84 bits per heavy atom. The maximum atomic E-state index is 11.8. The number of methoxy groups -OCH3 is 1. The summed E-state index contributed by atoms with van der Waals surface area (Å²) in [6, 6.07) is 7.04. The maximum absolute atomic E-state index is 11.8. The molecule has 0 amide bonds. The first-order valence-corrected chi connectivity index (χ1v) is 10.6. The summed E-state index contributed by atoms with van der Waals surface area (Å²) >= 11 is 1.20. The molecule has 1 aromatic rings. The molecule has 0 saturated carbocycles. The molecule has 0 radical (unpaired) electrons. The van der Waals surface area contributed by atoms with Gasteiger partial charge < -0.3 is 28.4 Å². The van der Waals surface area contributed by atoms with Crippen LogP contribution in [0, 0.1) is 0 Å². The number of rotatable bonds is 8. The molecule has 1 saturated heterocycles. The highest BCUT2D eigenvalue weighted by Gasteiger charge is 2.52. The van der Waals surface area contributed by atoms with E-state index in [-0.39, 0.29) is 6.61 Å². The minimum atomic E-state index is -1.19. The van der Waals surface area contributed by atoms with Crippen LogP contribution in [-0.4, -0.2) is 67.4 Å². The van der Waals surface area contributed by atoms with E-state index < -0.39 is 53.7 Å². The molecule has 32 heavy (non-hydrogen) atoms. The molecule has 1 aliphatic heterocycles. The van der Waals surface area contributed by atoms with Gasteiger partial charge in [-0.3, -0.25) is 19.2 Å². The first-order chi connectivity index (χ1) is 15.1. The van der Waals surface area contributed by atoms with E-state index in [0.717, 1.165) is 4.90 Å². The Balaban J connectivity index is 2.42. The van der Waals surface area contributed by atoms with Gasteiger partial charge in [0, 0.05) is 32.6 Å². The molecule has 10 nitrogen and oxygen atoms in total. The lowest BCUT2D eigenvalue weighted by Crippen LogP contribution is -2.61. The molecule has 0 aliphatic carbocycles. The smallest absolute Gasteiger partial charge is 0.303 e. The van der Waals surface area contributed by atoms with Crippen molar-refractivity contribution in [2.24, 2.45) is 0 Å². The van der Waals surface area contributed by atoms with Crippen LogP contribution in [-0.2, 0) is 42.9 Å². The third kappa shape index (κ3) is 7.41. The van der Waals surface area contributed by atoms with Gasteiger partial charge in [-0.2, -0.15) is 0 Å². The maximum Gasteiger partial charge on any atom is 0.303 e. The van der Waals surface area contributed by atoms with E-state index in [0.29, 0.717) is 5.75 Å². The normalized spacial score (nSPS) is 24.7. The lowest BCUT2D eigenvalue weighted by molar-refractivity contribution is -0.237. The van der Waals surface area contributed by atoms with Crippen molar-refractivity contribution in [1.29, 1.82) is 0 Å². The van der Waals surface area contributed by atoms with E-state index in [1.54, 1.807) is 31.4 Å². The minimum absolute atomic E-state index is 0.266. The second kappa shape index (κ2) is 11.7. The largest absolute Gasteiger partial charge is 0.497 e. The molecular weight excluding hydrogens is 444 g/mol. The fourth-order valence-corrected chi connectivity index (χ4v) is 4.18. The number of thioether (sulfide) groups is 1. The predicted molar refractivity (Wildman–Crippen MR) is 111 cm³/mol. The van der Waals surface area contributed by atoms with Gasteiger partial charge in [-0.15, -0.1) is 0 Å². The molecule has 0 aromatic heterocycles. The number of ether oxygens (including phenoxy) is 6. The Hall–Kier alpha value is -2.79. The molecule has 0 N–H and O–H groups in total. The molecule has 176 valence electrons. The van der Waals surface area contributed by atoms with Gasteiger partial charge in [0.2, 0.25) is 0 Å². The molecule has 1 aliphatic rings. The van der Waals surface area contributed by atoms with Crippen LogP contribution in [0.4, 0.5) is 0 Å². The van der Waals surface area contributed by atoms with E-state index in [2.05, 4.69) is 0 Å². The van der Waals surface area contributed by atoms with E-state index in [1.165, 1.54) is 39.5 Å². The van der Waals surface area contributed by atoms with Gasteiger partial charge in [0.25, 0.3) is 0 Å². The van der Waals surface area contributed by atoms with E-state index in [9.17, 15) is 19.2 Å². The van der Waals surface area contributed by atoms with Gasteiger partial charge in [0.05, 0.1) is 7.11 Å². The number of hydrogen-bond acceptors (Lipinski definition) is 11. The molecule has 0 spiro atoms. The van der Waals surface area contributed by atoms with Crippen LogP contribution in [0.1, 0.15) is 27.7 Å². The minimum Gasteiger partial charge on any atom is -0.497 e. The Bertz CT molecular complexity index is 824. The van der Waals surface area contributed by atoms with Crippen LogP contribution < -0.4 is 4.74 Å². The fraction of sp³-hybridized carbons (Fsp3) is 0.524. The molecule has 11 heteroatoms. The number of esters is 4. The SMILES string of the molecule is COc1ccc(S[C@@H]2OC(COC(C)=O)[C@@H](OC(C)=O)C(OC(C)=O)C2OC(C)=O)cc1. The summed E-state index contributed by atoms with van der Waals surface area (Å²) in [5.74, 6) is -1.91. The highest BCUT2D eigenvalue weighted by molar-refractivity contribution is 7.99. The topological polar surface area (TPSA) is 124 Å². The second-order valence-electron chi connectivity index (χ2n) is 6.86. The zero-order valence-corrected chi connectivity index (χ0v) is 19.2. The van der Waals surface area contributed by atoms with Gasteiger partial charge >= 0.3 is 23.9 Å². The van der Waals surface area contributed by atoms with Crippen molar-refractivity contribution in [2.75, 3.05) is 13.7 Å². The Kier molecular flexibility index (Phi) is 9.33. The summed E-state index contributed by atoms with van der Waals surface area (Å²) in [6.07, 6.45) is -4.45. The Morgan fingerprint density at radius 1 is 0.812 bits per heavy atom. The molecule has 1 heterocycles. The van der Waals surface area contributed by atoms with Crippen LogP contribution in [0.25, 0.3) is 0 Å². The molecule has 5 atom stereocenters. The predicted octanol–water partition coefficient (Wildman–Crippen LogP) is 1.87. The molecule has 2 rings (SSSR count). The van der Waals surface area contributed by atoms with Crippen molar-refractivity contribution in [1.82, 2.24) is 0 Å². The average molecular weight is 470 g/mol. The molecular formula is C21H26O10S. The third-order valence-corrected chi connectivity index (χ3v) is 5.42. The second-order valence-corrected chi connectivity index (χ2v) is 8.03. The van der Waals surface area contributed by atoms with Gasteiger partial charge in [-0.1, -0.05) is 11.8 Å².